The molecule has 0 radical (unpaired) electrons. The molecule has 0 saturated carbocycles. The fourth-order valence-electron chi connectivity index (χ4n) is 2.97. The summed E-state index contributed by atoms with van der Waals surface area (Å²) in [5.41, 5.74) is 4.34. The zero-order valence-corrected chi connectivity index (χ0v) is 15.4. The van der Waals surface area contributed by atoms with E-state index in [0.29, 0.717) is 28.0 Å². The van der Waals surface area contributed by atoms with E-state index in [1.807, 2.05) is 36.4 Å². The Labute approximate surface area is 161 Å². The first-order chi connectivity index (χ1) is 13.7. The molecule has 1 heterocycles. The van der Waals surface area contributed by atoms with Gasteiger partial charge in [-0.3, -0.25) is 4.79 Å². The SMILES string of the molecule is COc1ccc(-c2cc(NC(=O)c3ccc4n[nH]nc4c3)ccc2OC)cc1. The molecule has 140 valence electrons. The van der Waals surface area contributed by atoms with Gasteiger partial charge in [0.15, 0.2) is 0 Å². The molecule has 0 saturated heterocycles. The van der Waals surface area contributed by atoms with Gasteiger partial charge in [-0.1, -0.05) is 12.1 Å². The highest BCUT2D eigenvalue weighted by molar-refractivity contribution is 6.06. The van der Waals surface area contributed by atoms with Crippen molar-refractivity contribution in [2.45, 2.75) is 0 Å². The Morgan fingerprint density at radius 2 is 1.68 bits per heavy atom. The van der Waals surface area contributed by atoms with Crippen molar-refractivity contribution in [2.24, 2.45) is 0 Å². The number of amides is 1. The fourth-order valence-corrected chi connectivity index (χ4v) is 2.97. The lowest BCUT2D eigenvalue weighted by atomic mass is 10.0. The smallest absolute Gasteiger partial charge is 0.255 e. The number of benzene rings is 3. The summed E-state index contributed by atoms with van der Waals surface area (Å²) in [5.74, 6) is 1.26. The summed E-state index contributed by atoms with van der Waals surface area (Å²) < 4.78 is 10.7. The van der Waals surface area contributed by atoms with Crippen molar-refractivity contribution in [3.05, 3.63) is 66.2 Å². The molecule has 0 spiro atoms. The van der Waals surface area contributed by atoms with Crippen LogP contribution >= 0.6 is 0 Å². The first-order valence-electron chi connectivity index (χ1n) is 8.62. The van der Waals surface area contributed by atoms with E-state index in [1.54, 1.807) is 38.5 Å². The van der Waals surface area contributed by atoms with E-state index in [1.165, 1.54) is 0 Å². The number of hydrogen-bond donors (Lipinski definition) is 2. The molecule has 1 aromatic heterocycles. The Morgan fingerprint density at radius 1 is 0.893 bits per heavy atom. The van der Waals surface area contributed by atoms with Crippen LogP contribution in [0.2, 0.25) is 0 Å². The van der Waals surface area contributed by atoms with Gasteiger partial charge < -0.3 is 14.8 Å². The number of methoxy groups -OCH3 is 2. The van der Waals surface area contributed by atoms with Crippen LogP contribution in [0.15, 0.2) is 60.7 Å². The summed E-state index contributed by atoms with van der Waals surface area (Å²) in [4.78, 5) is 12.6. The van der Waals surface area contributed by atoms with Crippen LogP contribution in [0.3, 0.4) is 0 Å². The number of aromatic nitrogens is 3. The molecule has 7 heteroatoms. The van der Waals surface area contributed by atoms with Crippen molar-refractivity contribution in [3.63, 3.8) is 0 Å². The molecule has 0 aliphatic heterocycles. The van der Waals surface area contributed by atoms with Crippen molar-refractivity contribution in [1.29, 1.82) is 0 Å². The van der Waals surface area contributed by atoms with Crippen LogP contribution in [-0.2, 0) is 0 Å². The van der Waals surface area contributed by atoms with Crippen LogP contribution in [0.4, 0.5) is 5.69 Å². The Bertz CT molecular complexity index is 1140. The van der Waals surface area contributed by atoms with Crippen molar-refractivity contribution in [3.8, 4) is 22.6 Å². The molecule has 4 aromatic rings. The van der Waals surface area contributed by atoms with Crippen LogP contribution in [0.25, 0.3) is 22.2 Å². The minimum Gasteiger partial charge on any atom is -0.497 e. The predicted octanol–water partition coefficient (Wildman–Crippen LogP) is 3.89. The largest absolute Gasteiger partial charge is 0.497 e. The molecule has 2 N–H and O–H groups in total. The number of nitrogens with zero attached hydrogens (tertiary/aromatic N) is 2. The summed E-state index contributed by atoms with van der Waals surface area (Å²) in [6.45, 7) is 0. The van der Waals surface area contributed by atoms with Gasteiger partial charge in [0, 0.05) is 16.8 Å². The van der Waals surface area contributed by atoms with E-state index in [9.17, 15) is 4.79 Å². The number of rotatable bonds is 5. The van der Waals surface area contributed by atoms with Gasteiger partial charge in [0.2, 0.25) is 0 Å². The van der Waals surface area contributed by atoms with Crippen molar-refractivity contribution in [2.75, 3.05) is 19.5 Å². The number of ether oxygens (including phenoxy) is 2. The summed E-state index contributed by atoms with van der Waals surface area (Å²) in [7, 11) is 3.25. The van der Waals surface area contributed by atoms with Gasteiger partial charge in [-0.25, -0.2) is 0 Å². The highest BCUT2D eigenvalue weighted by atomic mass is 16.5. The summed E-state index contributed by atoms with van der Waals surface area (Å²) >= 11 is 0. The van der Waals surface area contributed by atoms with Gasteiger partial charge in [0.05, 0.1) is 14.2 Å². The standard InChI is InChI=1S/C21H18N4O3/c1-27-16-7-3-13(4-8-16)17-12-15(6-10-20(17)28-2)22-21(26)14-5-9-18-19(11-14)24-25-23-18/h3-12H,1-2H3,(H,22,26)(H,23,24,25). The van der Waals surface area contributed by atoms with Crippen molar-refractivity contribution >= 4 is 22.6 Å². The average Bonchev–Trinajstić information content (AvgIpc) is 3.21. The second kappa shape index (κ2) is 7.40. The molecule has 28 heavy (non-hydrogen) atoms. The van der Waals surface area contributed by atoms with Gasteiger partial charge in [-0.15, -0.1) is 0 Å². The Balaban J connectivity index is 1.63. The fraction of sp³-hybridized carbons (Fsp3) is 0.0952. The summed E-state index contributed by atoms with van der Waals surface area (Å²) in [5, 5.41) is 13.5. The zero-order valence-electron chi connectivity index (χ0n) is 15.4. The quantitative estimate of drug-likeness (QED) is 0.553. The van der Waals surface area contributed by atoms with Gasteiger partial charge in [-0.05, 0) is 54.1 Å². The lowest BCUT2D eigenvalue weighted by Gasteiger charge is -2.12. The van der Waals surface area contributed by atoms with Crippen LogP contribution < -0.4 is 14.8 Å². The molecule has 3 aromatic carbocycles. The van der Waals surface area contributed by atoms with E-state index >= 15 is 0 Å². The minimum atomic E-state index is -0.226. The highest BCUT2D eigenvalue weighted by Gasteiger charge is 2.12. The third kappa shape index (κ3) is 3.37. The monoisotopic (exact) mass is 374 g/mol. The van der Waals surface area contributed by atoms with Gasteiger partial charge in [0.1, 0.15) is 22.5 Å². The number of aromatic amines is 1. The van der Waals surface area contributed by atoms with Gasteiger partial charge in [0.25, 0.3) is 5.91 Å². The van der Waals surface area contributed by atoms with E-state index in [-0.39, 0.29) is 5.91 Å². The van der Waals surface area contributed by atoms with Crippen LogP contribution in [0.1, 0.15) is 10.4 Å². The summed E-state index contributed by atoms with van der Waals surface area (Å²) in [6, 6.07) is 18.3. The van der Waals surface area contributed by atoms with Crippen LogP contribution in [0, 0.1) is 0 Å². The maximum Gasteiger partial charge on any atom is 0.255 e. The normalized spacial score (nSPS) is 10.6. The molecule has 0 unspecified atom stereocenters. The van der Waals surface area contributed by atoms with Crippen molar-refractivity contribution < 1.29 is 14.3 Å². The number of H-pyrrole nitrogens is 1. The molecule has 0 bridgehead atoms. The molecule has 0 aliphatic rings. The van der Waals surface area contributed by atoms with Crippen LogP contribution in [0.5, 0.6) is 11.5 Å². The predicted molar refractivity (Wildman–Crippen MR) is 107 cm³/mol. The average molecular weight is 374 g/mol. The van der Waals surface area contributed by atoms with Crippen LogP contribution in [-0.4, -0.2) is 35.5 Å². The number of anilines is 1. The van der Waals surface area contributed by atoms with Gasteiger partial charge >= 0.3 is 0 Å². The highest BCUT2D eigenvalue weighted by Crippen LogP contribution is 2.33. The minimum absolute atomic E-state index is 0.226. The number of carbonyl (C=O) groups excluding carboxylic acids is 1. The molecular weight excluding hydrogens is 356 g/mol. The molecule has 4 rings (SSSR count). The third-order valence-corrected chi connectivity index (χ3v) is 4.44. The second-order valence-corrected chi connectivity index (χ2v) is 6.12. The molecule has 0 fully saturated rings. The first-order valence-corrected chi connectivity index (χ1v) is 8.62. The Kier molecular flexibility index (Phi) is 4.63. The Hall–Kier alpha value is -3.87. The molecular formula is C21H18N4O3. The van der Waals surface area contributed by atoms with E-state index in [0.717, 1.165) is 16.9 Å². The molecule has 7 nitrogen and oxygen atoms in total. The third-order valence-electron chi connectivity index (χ3n) is 4.44. The van der Waals surface area contributed by atoms with E-state index in [2.05, 4.69) is 20.7 Å². The second-order valence-electron chi connectivity index (χ2n) is 6.12. The molecule has 0 atom stereocenters. The van der Waals surface area contributed by atoms with E-state index < -0.39 is 0 Å². The zero-order chi connectivity index (χ0) is 19.5. The van der Waals surface area contributed by atoms with E-state index in [4.69, 9.17) is 9.47 Å². The topological polar surface area (TPSA) is 89.1 Å². The lowest BCUT2D eigenvalue weighted by Crippen LogP contribution is -2.11. The number of carbonyl (C=O) groups is 1. The maximum absolute atomic E-state index is 12.6. The molecule has 1 amide bonds. The van der Waals surface area contributed by atoms with Gasteiger partial charge in [-0.2, -0.15) is 15.4 Å². The molecule has 0 aliphatic carbocycles. The van der Waals surface area contributed by atoms with Crippen molar-refractivity contribution in [1.82, 2.24) is 15.4 Å². The number of hydrogen-bond acceptors (Lipinski definition) is 5. The number of nitrogens with one attached hydrogen (secondary N) is 2. The number of fused-ring (bicyclic) bond motifs is 1. The Morgan fingerprint density at radius 3 is 2.43 bits per heavy atom. The summed E-state index contributed by atoms with van der Waals surface area (Å²) in [6.07, 6.45) is 0. The first kappa shape index (κ1) is 17.5. The lowest BCUT2D eigenvalue weighted by molar-refractivity contribution is 0.102. The maximum atomic E-state index is 12.6.